The molecule has 0 spiro atoms. The Morgan fingerprint density at radius 3 is 2.49 bits per heavy atom. The smallest absolute Gasteiger partial charge is 0.253 e. The van der Waals surface area contributed by atoms with Crippen molar-refractivity contribution in [2.75, 3.05) is 5.32 Å². The summed E-state index contributed by atoms with van der Waals surface area (Å²) in [6, 6.07) is 10.2. The molecule has 10 nitrogen and oxygen atoms in total. The third-order valence-electron chi connectivity index (χ3n) is 5.66. The van der Waals surface area contributed by atoms with Crippen LogP contribution in [0.2, 0.25) is 0 Å². The summed E-state index contributed by atoms with van der Waals surface area (Å²) in [4.78, 5) is 44.4. The molecular formula is C25H27N7O3. The largest absolute Gasteiger partial charge is 0.366 e. The number of nitrogens with one attached hydrogen (secondary N) is 3. The molecule has 180 valence electrons. The number of nitrogens with two attached hydrogens (primary N) is 1. The van der Waals surface area contributed by atoms with E-state index in [1.54, 1.807) is 41.2 Å². The van der Waals surface area contributed by atoms with E-state index in [1.165, 1.54) is 0 Å². The molecule has 0 saturated heterocycles. The standard InChI is InChI=1S/C25H27N7O3/c1-13(2)32-23-20(12-28-32)18(24(34)27-11-19-14(3)9-15(4)29-25(19)35)10-21(31-23)30-17-7-5-16(6-8-17)22(26)33/h5-10,12-13H,11H2,1-4H3,(H2,26,33)(H,27,34)(H,29,35)(H,30,31). The number of hydrogen-bond donors (Lipinski definition) is 4. The highest BCUT2D eigenvalue weighted by molar-refractivity contribution is 6.06. The van der Waals surface area contributed by atoms with E-state index in [4.69, 9.17) is 5.73 Å². The minimum Gasteiger partial charge on any atom is -0.366 e. The minimum absolute atomic E-state index is 0.0229. The molecule has 3 aromatic heterocycles. The van der Waals surface area contributed by atoms with Gasteiger partial charge in [-0.15, -0.1) is 0 Å². The number of carbonyl (C=O) groups is 2. The molecule has 35 heavy (non-hydrogen) atoms. The van der Waals surface area contributed by atoms with Crippen LogP contribution in [0.5, 0.6) is 0 Å². The molecule has 0 bridgehead atoms. The van der Waals surface area contributed by atoms with Crippen molar-refractivity contribution in [2.24, 2.45) is 5.73 Å². The predicted molar refractivity (Wildman–Crippen MR) is 134 cm³/mol. The molecule has 0 aliphatic heterocycles. The lowest BCUT2D eigenvalue weighted by atomic mass is 10.1. The van der Waals surface area contributed by atoms with E-state index < -0.39 is 5.91 Å². The molecule has 0 aliphatic carbocycles. The summed E-state index contributed by atoms with van der Waals surface area (Å²) in [6.07, 6.45) is 1.62. The maximum absolute atomic E-state index is 13.3. The van der Waals surface area contributed by atoms with Crippen molar-refractivity contribution >= 4 is 34.4 Å². The van der Waals surface area contributed by atoms with Gasteiger partial charge in [-0.25, -0.2) is 9.67 Å². The van der Waals surface area contributed by atoms with Crippen LogP contribution in [-0.2, 0) is 6.54 Å². The van der Waals surface area contributed by atoms with Gasteiger partial charge in [0, 0.05) is 35.1 Å². The van der Waals surface area contributed by atoms with Crippen molar-refractivity contribution < 1.29 is 9.59 Å². The summed E-state index contributed by atoms with van der Waals surface area (Å²) >= 11 is 0. The Bertz CT molecular complexity index is 1480. The molecule has 0 unspecified atom stereocenters. The number of aromatic amines is 1. The fourth-order valence-corrected chi connectivity index (χ4v) is 3.88. The zero-order chi connectivity index (χ0) is 25.3. The van der Waals surface area contributed by atoms with Gasteiger partial charge in [0.25, 0.3) is 11.5 Å². The van der Waals surface area contributed by atoms with E-state index in [1.807, 2.05) is 33.8 Å². The maximum Gasteiger partial charge on any atom is 0.253 e. The number of fused-ring (bicyclic) bond motifs is 1. The third-order valence-corrected chi connectivity index (χ3v) is 5.66. The second-order valence-electron chi connectivity index (χ2n) is 8.67. The van der Waals surface area contributed by atoms with Gasteiger partial charge in [0.15, 0.2) is 5.65 Å². The molecule has 0 fully saturated rings. The monoisotopic (exact) mass is 473 g/mol. The van der Waals surface area contributed by atoms with Crippen LogP contribution in [0.4, 0.5) is 11.5 Å². The summed E-state index contributed by atoms with van der Waals surface area (Å²) in [5.74, 6) is -0.438. The predicted octanol–water partition coefficient (Wildman–Crippen LogP) is 3.09. The lowest BCUT2D eigenvalue weighted by Gasteiger charge is -2.13. The Morgan fingerprint density at radius 1 is 1.14 bits per heavy atom. The minimum atomic E-state index is -0.515. The first-order chi connectivity index (χ1) is 16.6. The molecule has 4 rings (SSSR count). The van der Waals surface area contributed by atoms with E-state index >= 15 is 0 Å². The molecule has 0 atom stereocenters. The fourth-order valence-electron chi connectivity index (χ4n) is 3.88. The molecule has 5 N–H and O–H groups in total. The number of anilines is 2. The summed E-state index contributed by atoms with van der Waals surface area (Å²) in [5, 5.41) is 11.0. The van der Waals surface area contributed by atoms with Crippen LogP contribution in [0.25, 0.3) is 11.0 Å². The van der Waals surface area contributed by atoms with E-state index in [9.17, 15) is 14.4 Å². The molecule has 0 radical (unpaired) electrons. The van der Waals surface area contributed by atoms with Gasteiger partial charge in [-0.1, -0.05) is 0 Å². The maximum atomic E-state index is 13.3. The van der Waals surface area contributed by atoms with Gasteiger partial charge in [0.1, 0.15) is 5.82 Å². The third kappa shape index (κ3) is 4.91. The van der Waals surface area contributed by atoms with Gasteiger partial charge in [0.05, 0.1) is 17.1 Å². The van der Waals surface area contributed by atoms with Gasteiger partial charge in [-0.05, 0) is 69.7 Å². The number of benzene rings is 1. The molecule has 2 amide bonds. The van der Waals surface area contributed by atoms with Gasteiger partial charge in [-0.3, -0.25) is 14.4 Å². The first-order valence-corrected chi connectivity index (χ1v) is 11.2. The van der Waals surface area contributed by atoms with Crippen molar-refractivity contribution in [2.45, 2.75) is 40.3 Å². The van der Waals surface area contributed by atoms with E-state index in [0.717, 1.165) is 11.3 Å². The summed E-state index contributed by atoms with van der Waals surface area (Å²) in [5.41, 5.74) is 9.14. The number of hydrogen-bond acceptors (Lipinski definition) is 6. The van der Waals surface area contributed by atoms with Gasteiger partial charge in [-0.2, -0.15) is 5.10 Å². The van der Waals surface area contributed by atoms with E-state index in [0.29, 0.717) is 39.2 Å². The van der Waals surface area contributed by atoms with Crippen LogP contribution in [0.3, 0.4) is 0 Å². The molecule has 3 heterocycles. The van der Waals surface area contributed by atoms with Crippen LogP contribution in [0, 0.1) is 13.8 Å². The van der Waals surface area contributed by atoms with Gasteiger partial charge in [0.2, 0.25) is 5.91 Å². The Labute approximate surface area is 201 Å². The first-order valence-electron chi connectivity index (χ1n) is 11.2. The van der Waals surface area contributed by atoms with Crippen molar-refractivity contribution in [1.29, 1.82) is 0 Å². The fraction of sp³-hybridized carbons (Fsp3) is 0.240. The number of H-pyrrole nitrogens is 1. The topological polar surface area (TPSA) is 148 Å². The molecule has 1 aromatic carbocycles. The van der Waals surface area contributed by atoms with Crippen molar-refractivity contribution in [3.63, 3.8) is 0 Å². The van der Waals surface area contributed by atoms with Crippen molar-refractivity contribution in [3.8, 4) is 0 Å². The molecule has 0 aliphatic rings. The van der Waals surface area contributed by atoms with E-state index in [-0.39, 0.29) is 24.1 Å². The molecule has 4 aromatic rings. The normalized spacial score (nSPS) is 11.1. The average Bonchev–Trinajstić information content (AvgIpc) is 3.22. The molecular weight excluding hydrogens is 446 g/mol. The number of amides is 2. The van der Waals surface area contributed by atoms with Crippen LogP contribution in [0.15, 0.2) is 47.4 Å². The highest BCUT2D eigenvalue weighted by Crippen LogP contribution is 2.25. The average molecular weight is 474 g/mol. The molecule has 10 heteroatoms. The highest BCUT2D eigenvalue weighted by Gasteiger charge is 2.19. The quantitative estimate of drug-likeness (QED) is 0.324. The number of carbonyl (C=O) groups excluding carboxylic acids is 2. The lowest BCUT2D eigenvalue weighted by Crippen LogP contribution is -2.28. The second-order valence-corrected chi connectivity index (χ2v) is 8.67. The Hall–Kier alpha value is -4.47. The van der Waals surface area contributed by atoms with Gasteiger partial charge >= 0.3 is 0 Å². The zero-order valence-corrected chi connectivity index (χ0v) is 20.0. The van der Waals surface area contributed by atoms with Crippen LogP contribution in [0.1, 0.15) is 57.4 Å². The number of primary amides is 1. The van der Waals surface area contributed by atoms with Crippen LogP contribution >= 0.6 is 0 Å². The number of pyridine rings is 2. The second kappa shape index (κ2) is 9.41. The summed E-state index contributed by atoms with van der Waals surface area (Å²) < 4.78 is 1.74. The SMILES string of the molecule is Cc1cc(C)c(CNC(=O)c2cc(Nc3ccc(C(N)=O)cc3)nc3c2cnn3C(C)C)c(=O)[nH]1. The highest BCUT2D eigenvalue weighted by atomic mass is 16.2. The number of aromatic nitrogens is 4. The Balaban J connectivity index is 1.68. The first kappa shape index (κ1) is 23.7. The van der Waals surface area contributed by atoms with Crippen LogP contribution < -0.4 is 21.9 Å². The van der Waals surface area contributed by atoms with Crippen LogP contribution in [-0.4, -0.2) is 31.6 Å². The van der Waals surface area contributed by atoms with Crippen molar-refractivity contribution in [1.82, 2.24) is 25.1 Å². The molecule has 0 saturated carbocycles. The summed E-state index contributed by atoms with van der Waals surface area (Å²) in [6.45, 7) is 7.69. The van der Waals surface area contributed by atoms with E-state index in [2.05, 4.69) is 25.7 Å². The number of nitrogens with zero attached hydrogens (tertiary/aromatic N) is 3. The zero-order valence-electron chi connectivity index (χ0n) is 20.0. The summed E-state index contributed by atoms with van der Waals surface area (Å²) in [7, 11) is 0. The Morgan fingerprint density at radius 2 is 1.86 bits per heavy atom. The van der Waals surface area contributed by atoms with Crippen molar-refractivity contribution in [3.05, 3.63) is 80.9 Å². The number of rotatable bonds is 7. The Kier molecular flexibility index (Phi) is 6.37. The number of aryl methyl sites for hydroxylation is 2. The lowest BCUT2D eigenvalue weighted by molar-refractivity contribution is 0.0951. The van der Waals surface area contributed by atoms with Gasteiger partial charge < -0.3 is 21.4 Å².